The quantitative estimate of drug-likeness (QED) is 0.887. The van der Waals surface area contributed by atoms with Crippen molar-refractivity contribution in [3.8, 4) is 11.5 Å². The van der Waals surface area contributed by atoms with Crippen LogP contribution in [0.2, 0.25) is 0 Å². The number of carbonyl (C=O) groups is 1. The van der Waals surface area contributed by atoms with Gasteiger partial charge < -0.3 is 14.8 Å². The average molecular weight is 286 g/mol. The number of benzene rings is 1. The molecular formula is C16H18N2O3. The Labute approximate surface area is 123 Å². The van der Waals surface area contributed by atoms with Crippen LogP contribution < -0.4 is 14.8 Å². The predicted molar refractivity (Wildman–Crippen MR) is 80.7 cm³/mol. The minimum absolute atomic E-state index is 0.139. The molecule has 0 saturated heterocycles. The smallest absolute Gasteiger partial charge is 0.230 e. The fourth-order valence-electron chi connectivity index (χ4n) is 1.86. The Morgan fingerprint density at radius 1 is 1.24 bits per heavy atom. The van der Waals surface area contributed by atoms with E-state index in [-0.39, 0.29) is 12.3 Å². The van der Waals surface area contributed by atoms with Crippen LogP contribution >= 0.6 is 0 Å². The lowest BCUT2D eigenvalue weighted by Crippen LogP contribution is -2.16. The summed E-state index contributed by atoms with van der Waals surface area (Å²) in [5, 5.41) is 2.77. The zero-order chi connectivity index (χ0) is 15.1. The molecule has 0 fully saturated rings. The number of aromatic nitrogens is 1. The van der Waals surface area contributed by atoms with E-state index in [1.807, 2.05) is 31.2 Å². The summed E-state index contributed by atoms with van der Waals surface area (Å²) in [6, 6.07) is 10.9. The molecule has 1 aromatic heterocycles. The second kappa shape index (κ2) is 7.28. The minimum atomic E-state index is -0.139. The maximum atomic E-state index is 12.1. The van der Waals surface area contributed by atoms with E-state index in [2.05, 4.69) is 10.3 Å². The van der Waals surface area contributed by atoms with Crippen molar-refractivity contribution in [3.05, 3.63) is 48.2 Å². The van der Waals surface area contributed by atoms with Crippen LogP contribution in [0.3, 0.4) is 0 Å². The summed E-state index contributed by atoms with van der Waals surface area (Å²) < 4.78 is 10.5. The van der Waals surface area contributed by atoms with Gasteiger partial charge in [0.15, 0.2) is 11.6 Å². The van der Waals surface area contributed by atoms with Gasteiger partial charge in [-0.05, 0) is 36.8 Å². The van der Waals surface area contributed by atoms with Crippen LogP contribution in [0.15, 0.2) is 42.6 Å². The van der Waals surface area contributed by atoms with Gasteiger partial charge >= 0.3 is 0 Å². The molecule has 5 heteroatoms. The highest BCUT2D eigenvalue weighted by Gasteiger charge is 2.09. The van der Waals surface area contributed by atoms with Gasteiger partial charge in [0, 0.05) is 6.20 Å². The van der Waals surface area contributed by atoms with Crippen molar-refractivity contribution in [2.45, 2.75) is 13.3 Å². The number of hydrogen-bond donors (Lipinski definition) is 1. The van der Waals surface area contributed by atoms with Crippen LogP contribution in [-0.4, -0.2) is 24.6 Å². The highest BCUT2D eigenvalue weighted by atomic mass is 16.5. The predicted octanol–water partition coefficient (Wildman–Crippen LogP) is 2.67. The third kappa shape index (κ3) is 4.21. The summed E-state index contributed by atoms with van der Waals surface area (Å²) in [7, 11) is 1.61. The van der Waals surface area contributed by atoms with Gasteiger partial charge in [-0.2, -0.15) is 0 Å². The van der Waals surface area contributed by atoms with Crippen molar-refractivity contribution in [2.24, 2.45) is 0 Å². The standard InChI is InChI=1S/C16H18N2O3/c1-3-21-14-5-4-10-17-16(14)18-15(19)11-12-6-8-13(20-2)9-7-12/h4-10H,3,11H2,1-2H3,(H,17,18,19). The number of carbonyl (C=O) groups excluding carboxylic acids is 1. The Morgan fingerprint density at radius 2 is 2.00 bits per heavy atom. The maximum absolute atomic E-state index is 12.1. The van der Waals surface area contributed by atoms with Crippen molar-refractivity contribution < 1.29 is 14.3 Å². The van der Waals surface area contributed by atoms with E-state index in [0.717, 1.165) is 11.3 Å². The third-order valence-electron chi connectivity index (χ3n) is 2.85. The molecule has 1 N–H and O–H groups in total. The summed E-state index contributed by atoms with van der Waals surface area (Å²) >= 11 is 0. The van der Waals surface area contributed by atoms with Gasteiger partial charge in [0.2, 0.25) is 5.91 Å². The normalized spacial score (nSPS) is 10.0. The Morgan fingerprint density at radius 3 is 2.67 bits per heavy atom. The molecular weight excluding hydrogens is 268 g/mol. The first-order valence-corrected chi connectivity index (χ1v) is 6.73. The Balaban J connectivity index is 2.01. The second-order valence-electron chi connectivity index (χ2n) is 4.36. The van der Waals surface area contributed by atoms with E-state index < -0.39 is 0 Å². The number of amides is 1. The Kier molecular flexibility index (Phi) is 5.15. The molecule has 0 bridgehead atoms. The number of ether oxygens (including phenoxy) is 2. The van der Waals surface area contributed by atoms with Crippen molar-refractivity contribution in [3.63, 3.8) is 0 Å². The molecule has 1 heterocycles. The number of nitrogens with zero attached hydrogens (tertiary/aromatic N) is 1. The van der Waals surface area contributed by atoms with Gasteiger partial charge in [0.25, 0.3) is 0 Å². The number of anilines is 1. The highest BCUT2D eigenvalue weighted by Crippen LogP contribution is 2.21. The topological polar surface area (TPSA) is 60.5 Å². The van der Waals surface area contributed by atoms with Crippen molar-refractivity contribution >= 4 is 11.7 Å². The van der Waals surface area contributed by atoms with Crippen LogP contribution in [0, 0.1) is 0 Å². The lowest BCUT2D eigenvalue weighted by atomic mass is 10.1. The SMILES string of the molecule is CCOc1cccnc1NC(=O)Cc1ccc(OC)cc1. The monoisotopic (exact) mass is 286 g/mol. The molecule has 0 saturated carbocycles. The Bertz CT molecular complexity index is 597. The largest absolute Gasteiger partial charge is 0.497 e. The average Bonchev–Trinajstić information content (AvgIpc) is 2.50. The zero-order valence-corrected chi connectivity index (χ0v) is 12.1. The summed E-state index contributed by atoms with van der Waals surface area (Å²) in [5.74, 6) is 1.64. The number of hydrogen-bond acceptors (Lipinski definition) is 4. The van der Waals surface area contributed by atoms with E-state index in [1.165, 1.54) is 0 Å². The van der Waals surface area contributed by atoms with Gasteiger partial charge in [-0.15, -0.1) is 0 Å². The Hall–Kier alpha value is -2.56. The fourth-order valence-corrected chi connectivity index (χ4v) is 1.86. The molecule has 1 amide bonds. The lowest BCUT2D eigenvalue weighted by molar-refractivity contribution is -0.115. The molecule has 0 aliphatic carbocycles. The fraction of sp³-hybridized carbons (Fsp3) is 0.250. The van der Waals surface area contributed by atoms with E-state index in [0.29, 0.717) is 18.2 Å². The highest BCUT2D eigenvalue weighted by molar-refractivity contribution is 5.92. The number of rotatable bonds is 6. The number of methoxy groups -OCH3 is 1. The molecule has 0 aliphatic heterocycles. The summed E-state index contributed by atoms with van der Waals surface area (Å²) in [6.07, 6.45) is 1.89. The molecule has 0 radical (unpaired) electrons. The maximum Gasteiger partial charge on any atom is 0.230 e. The first-order chi connectivity index (χ1) is 10.2. The van der Waals surface area contributed by atoms with Crippen LogP contribution in [-0.2, 0) is 11.2 Å². The lowest BCUT2D eigenvalue weighted by Gasteiger charge is -2.10. The van der Waals surface area contributed by atoms with Gasteiger partial charge in [0.05, 0.1) is 20.1 Å². The van der Waals surface area contributed by atoms with E-state index >= 15 is 0 Å². The summed E-state index contributed by atoms with van der Waals surface area (Å²) in [5.41, 5.74) is 0.905. The van der Waals surface area contributed by atoms with Crippen LogP contribution in [0.1, 0.15) is 12.5 Å². The molecule has 0 spiro atoms. The second-order valence-corrected chi connectivity index (χ2v) is 4.36. The zero-order valence-electron chi connectivity index (χ0n) is 12.1. The van der Waals surface area contributed by atoms with Gasteiger partial charge in [0.1, 0.15) is 5.75 Å². The first-order valence-electron chi connectivity index (χ1n) is 6.73. The van der Waals surface area contributed by atoms with Crippen molar-refractivity contribution in [1.82, 2.24) is 4.98 Å². The molecule has 0 aliphatic rings. The number of nitrogens with one attached hydrogen (secondary N) is 1. The minimum Gasteiger partial charge on any atom is -0.497 e. The number of pyridine rings is 1. The third-order valence-corrected chi connectivity index (χ3v) is 2.85. The van der Waals surface area contributed by atoms with Crippen LogP contribution in [0.4, 0.5) is 5.82 Å². The van der Waals surface area contributed by atoms with Crippen molar-refractivity contribution in [2.75, 3.05) is 19.0 Å². The van der Waals surface area contributed by atoms with E-state index in [4.69, 9.17) is 9.47 Å². The van der Waals surface area contributed by atoms with Crippen LogP contribution in [0.25, 0.3) is 0 Å². The molecule has 21 heavy (non-hydrogen) atoms. The molecule has 5 nitrogen and oxygen atoms in total. The molecule has 2 aromatic rings. The van der Waals surface area contributed by atoms with E-state index in [1.54, 1.807) is 25.4 Å². The first kappa shape index (κ1) is 14.8. The molecule has 0 atom stereocenters. The summed E-state index contributed by atoms with van der Waals surface area (Å²) in [6.45, 7) is 2.41. The van der Waals surface area contributed by atoms with Gasteiger partial charge in [-0.1, -0.05) is 12.1 Å². The summed E-state index contributed by atoms with van der Waals surface area (Å²) in [4.78, 5) is 16.2. The van der Waals surface area contributed by atoms with Gasteiger partial charge in [-0.25, -0.2) is 4.98 Å². The van der Waals surface area contributed by atoms with Crippen molar-refractivity contribution in [1.29, 1.82) is 0 Å². The van der Waals surface area contributed by atoms with Crippen LogP contribution in [0.5, 0.6) is 11.5 Å². The molecule has 1 aromatic carbocycles. The van der Waals surface area contributed by atoms with Gasteiger partial charge in [-0.3, -0.25) is 4.79 Å². The molecule has 110 valence electrons. The van der Waals surface area contributed by atoms with E-state index in [9.17, 15) is 4.79 Å². The molecule has 0 unspecified atom stereocenters. The molecule has 2 rings (SSSR count).